The Morgan fingerprint density at radius 3 is 2.56 bits per heavy atom. The van der Waals surface area contributed by atoms with Gasteiger partial charge in [0.2, 0.25) is 5.91 Å². The molecule has 1 N–H and O–H groups in total. The van der Waals surface area contributed by atoms with E-state index in [1.165, 1.54) is 0 Å². The molecule has 0 saturated carbocycles. The molecule has 0 unspecified atom stereocenters. The third-order valence-corrected chi connectivity index (χ3v) is 2.63. The van der Waals surface area contributed by atoms with Crippen LogP contribution in [0.25, 0.3) is 0 Å². The monoisotopic (exact) mass is 251 g/mol. The first-order chi connectivity index (χ1) is 8.45. The van der Waals surface area contributed by atoms with Crippen LogP contribution in [0.5, 0.6) is 5.75 Å². The van der Waals surface area contributed by atoms with Crippen molar-refractivity contribution in [1.82, 2.24) is 0 Å². The van der Waals surface area contributed by atoms with Crippen LogP contribution in [0.4, 0.5) is 5.69 Å². The van der Waals surface area contributed by atoms with Crippen LogP contribution < -0.4 is 10.1 Å². The van der Waals surface area contributed by atoms with Crippen molar-refractivity contribution in [1.29, 1.82) is 0 Å². The Balaban J connectivity index is 2.76. The molecule has 0 aliphatic carbocycles. The fourth-order valence-corrected chi connectivity index (χ4v) is 1.71. The number of hydrogen-bond acceptors (Lipinski definition) is 3. The van der Waals surface area contributed by atoms with Crippen molar-refractivity contribution in [3.05, 3.63) is 23.3 Å². The first-order valence-electron chi connectivity index (χ1n) is 6.01. The minimum absolute atomic E-state index is 0.0457. The molecular formula is C14H21NO3. The maximum atomic E-state index is 11.7. The molecule has 0 aromatic heterocycles. The number of ether oxygens (including phenoxy) is 2. The average molecular weight is 251 g/mol. The van der Waals surface area contributed by atoms with Gasteiger partial charge in [0.15, 0.2) is 0 Å². The Morgan fingerprint density at radius 2 is 2.00 bits per heavy atom. The number of aryl methyl sites for hydroxylation is 1. The summed E-state index contributed by atoms with van der Waals surface area (Å²) in [5.41, 5.74) is 2.73. The Morgan fingerprint density at radius 1 is 1.33 bits per heavy atom. The Hall–Kier alpha value is -1.55. The molecule has 0 fully saturated rings. The van der Waals surface area contributed by atoms with Gasteiger partial charge in [0, 0.05) is 11.3 Å². The van der Waals surface area contributed by atoms with E-state index in [1.807, 2.05) is 39.8 Å². The second-order valence-electron chi connectivity index (χ2n) is 4.50. The summed E-state index contributed by atoms with van der Waals surface area (Å²) >= 11 is 0. The van der Waals surface area contributed by atoms with Gasteiger partial charge in [-0.25, -0.2) is 0 Å². The average Bonchev–Trinajstić information content (AvgIpc) is 2.31. The zero-order valence-corrected chi connectivity index (χ0v) is 11.7. The van der Waals surface area contributed by atoms with Gasteiger partial charge in [-0.2, -0.15) is 0 Å². The van der Waals surface area contributed by atoms with Crippen molar-refractivity contribution < 1.29 is 14.3 Å². The number of methoxy groups -OCH3 is 1. The van der Waals surface area contributed by atoms with E-state index in [9.17, 15) is 4.79 Å². The normalized spacial score (nSPS) is 10.6. The summed E-state index contributed by atoms with van der Waals surface area (Å²) in [7, 11) is 1.63. The van der Waals surface area contributed by atoms with Crippen LogP contribution in [0.3, 0.4) is 0 Å². The van der Waals surface area contributed by atoms with Gasteiger partial charge in [-0.15, -0.1) is 0 Å². The van der Waals surface area contributed by atoms with Crippen molar-refractivity contribution in [2.24, 2.45) is 0 Å². The summed E-state index contributed by atoms with van der Waals surface area (Å²) in [6, 6.07) is 3.80. The second kappa shape index (κ2) is 6.40. The Kier molecular flexibility index (Phi) is 5.16. The molecule has 4 heteroatoms. The predicted molar refractivity (Wildman–Crippen MR) is 72.2 cm³/mol. The summed E-state index contributed by atoms with van der Waals surface area (Å²) in [4.78, 5) is 11.7. The van der Waals surface area contributed by atoms with E-state index in [2.05, 4.69) is 5.32 Å². The number of rotatable bonds is 5. The van der Waals surface area contributed by atoms with E-state index in [1.54, 1.807) is 7.11 Å². The van der Waals surface area contributed by atoms with Crippen LogP contribution in [-0.4, -0.2) is 25.7 Å². The number of carbonyl (C=O) groups excluding carboxylic acids is 1. The fraction of sp³-hybridized carbons (Fsp3) is 0.500. The molecule has 18 heavy (non-hydrogen) atoms. The van der Waals surface area contributed by atoms with Gasteiger partial charge in [-0.3, -0.25) is 4.79 Å². The number of benzene rings is 1. The molecule has 0 saturated heterocycles. The molecule has 0 heterocycles. The van der Waals surface area contributed by atoms with Crippen LogP contribution in [-0.2, 0) is 9.53 Å². The van der Waals surface area contributed by atoms with E-state index < -0.39 is 0 Å². The molecular weight excluding hydrogens is 230 g/mol. The standard InChI is InChI=1S/C14H21NO3/c1-9(2)18-8-13(16)15-12-7-6-10(3)14(17-5)11(12)4/h6-7,9H,8H2,1-5H3,(H,15,16). The van der Waals surface area contributed by atoms with Crippen molar-refractivity contribution in [3.8, 4) is 5.75 Å². The molecule has 4 nitrogen and oxygen atoms in total. The minimum atomic E-state index is -0.155. The molecule has 100 valence electrons. The summed E-state index contributed by atoms with van der Waals surface area (Å²) in [6.45, 7) is 7.75. The lowest BCUT2D eigenvalue weighted by molar-refractivity contribution is -0.121. The van der Waals surface area contributed by atoms with Crippen molar-refractivity contribution in [2.45, 2.75) is 33.8 Å². The number of carbonyl (C=O) groups is 1. The van der Waals surface area contributed by atoms with E-state index in [4.69, 9.17) is 9.47 Å². The molecule has 1 rings (SSSR count). The van der Waals surface area contributed by atoms with Crippen molar-refractivity contribution in [2.75, 3.05) is 19.0 Å². The third-order valence-electron chi connectivity index (χ3n) is 2.63. The lowest BCUT2D eigenvalue weighted by atomic mass is 10.1. The van der Waals surface area contributed by atoms with E-state index >= 15 is 0 Å². The van der Waals surface area contributed by atoms with Crippen LogP contribution in [0.15, 0.2) is 12.1 Å². The highest BCUT2D eigenvalue weighted by atomic mass is 16.5. The summed E-state index contributed by atoms with van der Waals surface area (Å²) in [6.07, 6.45) is 0.0457. The molecule has 0 radical (unpaired) electrons. The first-order valence-corrected chi connectivity index (χ1v) is 6.01. The summed E-state index contributed by atoms with van der Waals surface area (Å²) in [5, 5.41) is 2.82. The van der Waals surface area contributed by atoms with Gasteiger partial charge < -0.3 is 14.8 Å². The van der Waals surface area contributed by atoms with E-state index in [0.29, 0.717) is 0 Å². The molecule has 0 spiro atoms. The SMILES string of the molecule is COc1c(C)ccc(NC(=O)COC(C)C)c1C. The van der Waals surface area contributed by atoms with Gasteiger partial charge in [0.05, 0.1) is 13.2 Å². The minimum Gasteiger partial charge on any atom is -0.496 e. The maximum Gasteiger partial charge on any atom is 0.250 e. The third kappa shape index (κ3) is 3.74. The largest absolute Gasteiger partial charge is 0.496 e. The Labute approximate surface area is 108 Å². The summed E-state index contributed by atoms with van der Waals surface area (Å²) < 4.78 is 10.6. The molecule has 0 aliphatic heterocycles. The molecule has 1 aromatic rings. The van der Waals surface area contributed by atoms with Crippen molar-refractivity contribution >= 4 is 11.6 Å². The zero-order chi connectivity index (χ0) is 13.7. The number of amides is 1. The number of nitrogens with one attached hydrogen (secondary N) is 1. The lowest BCUT2D eigenvalue weighted by Gasteiger charge is -2.14. The molecule has 0 aliphatic rings. The fourth-order valence-electron chi connectivity index (χ4n) is 1.71. The van der Waals surface area contributed by atoms with Crippen LogP contribution in [0.2, 0.25) is 0 Å². The zero-order valence-electron chi connectivity index (χ0n) is 11.7. The number of anilines is 1. The smallest absolute Gasteiger partial charge is 0.250 e. The van der Waals surface area contributed by atoms with Gasteiger partial charge in [-0.05, 0) is 39.3 Å². The quantitative estimate of drug-likeness (QED) is 0.875. The number of hydrogen-bond donors (Lipinski definition) is 1. The van der Waals surface area contributed by atoms with Crippen LogP contribution in [0.1, 0.15) is 25.0 Å². The van der Waals surface area contributed by atoms with Gasteiger partial charge in [0.1, 0.15) is 12.4 Å². The van der Waals surface area contributed by atoms with E-state index in [-0.39, 0.29) is 18.6 Å². The van der Waals surface area contributed by atoms with Crippen LogP contribution in [0, 0.1) is 13.8 Å². The lowest BCUT2D eigenvalue weighted by Crippen LogP contribution is -2.21. The topological polar surface area (TPSA) is 47.6 Å². The summed E-state index contributed by atoms with van der Waals surface area (Å²) in [5.74, 6) is 0.648. The Bertz CT molecular complexity index is 427. The molecule has 1 aromatic carbocycles. The predicted octanol–water partition coefficient (Wildman–Crippen LogP) is 2.68. The molecule has 0 atom stereocenters. The van der Waals surface area contributed by atoms with Gasteiger partial charge >= 0.3 is 0 Å². The second-order valence-corrected chi connectivity index (χ2v) is 4.50. The van der Waals surface area contributed by atoms with Gasteiger partial charge in [-0.1, -0.05) is 6.07 Å². The highest BCUT2D eigenvalue weighted by molar-refractivity contribution is 5.92. The van der Waals surface area contributed by atoms with Crippen molar-refractivity contribution in [3.63, 3.8) is 0 Å². The first kappa shape index (κ1) is 14.5. The highest BCUT2D eigenvalue weighted by Crippen LogP contribution is 2.29. The maximum absolute atomic E-state index is 11.7. The van der Waals surface area contributed by atoms with E-state index in [0.717, 1.165) is 22.6 Å². The highest BCUT2D eigenvalue weighted by Gasteiger charge is 2.10. The molecule has 0 bridgehead atoms. The van der Waals surface area contributed by atoms with Crippen LogP contribution >= 0.6 is 0 Å². The van der Waals surface area contributed by atoms with Gasteiger partial charge in [0.25, 0.3) is 0 Å². The molecule has 1 amide bonds.